The Bertz CT molecular complexity index is 895. The summed E-state index contributed by atoms with van der Waals surface area (Å²) in [6.07, 6.45) is 1.22. The van der Waals surface area contributed by atoms with Gasteiger partial charge in [0.05, 0.1) is 15.5 Å². The molecule has 1 aromatic carbocycles. The lowest BCUT2D eigenvalue weighted by molar-refractivity contribution is -0.385. The number of sulfonamides is 1. The van der Waals surface area contributed by atoms with Gasteiger partial charge in [-0.2, -0.15) is 0 Å². The van der Waals surface area contributed by atoms with E-state index >= 15 is 0 Å². The third-order valence-electron chi connectivity index (χ3n) is 2.95. The van der Waals surface area contributed by atoms with Crippen molar-refractivity contribution in [3.63, 3.8) is 0 Å². The van der Waals surface area contributed by atoms with Crippen LogP contribution in [0.1, 0.15) is 16.1 Å². The van der Waals surface area contributed by atoms with Gasteiger partial charge in [0.1, 0.15) is 5.69 Å². The summed E-state index contributed by atoms with van der Waals surface area (Å²) in [6.45, 7) is 1.50. The Balaban J connectivity index is 2.40. The fourth-order valence-corrected chi connectivity index (χ4v) is 2.87. The van der Waals surface area contributed by atoms with Crippen LogP contribution in [-0.2, 0) is 10.0 Å². The highest BCUT2D eigenvalue weighted by Gasteiger charge is 2.20. The normalized spacial score (nSPS) is 11.0. The van der Waals surface area contributed by atoms with E-state index in [9.17, 15) is 23.3 Å². The molecule has 0 aliphatic carbocycles. The monoisotopic (exact) mass is 336 g/mol. The summed E-state index contributed by atoms with van der Waals surface area (Å²) >= 11 is 0. The van der Waals surface area contributed by atoms with Crippen molar-refractivity contribution in [1.82, 2.24) is 4.98 Å². The third-order valence-corrected chi connectivity index (χ3v) is 4.33. The molecule has 1 heterocycles. The van der Waals surface area contributed by atoms with Gasteiger partial charge in [0.25, 0.3) is 21.6 Å². The second kappa shape index (κ2) is 6.01. The van der Waals surface area contributed by atoms with E-state index in [1.54, 1.807) is 0 Å². The minimum absolute atomic E-state index is 0.0667. The lowest BCUT2D eigenvalue weighted by Gasteiger charge is -2.09. The van der Waals surface area contributed by atoms with E-state index < -0.39 is 20.9 Å². The van der Waals surface area contributed by atoms with Crippen LogP contribution in [0, 0.1) is 17.0 Å². The van der Waals surface area contributed by atoms with Gasteiger partial charge in [0, 0.05) is 17.8 Å². The van der Waals surface area contributed by atoms with Crippen LogP contribution >= 0.6 is 0 Å². The average molecular weight is 336 g/mol. The number of hydrogen-bond donors (Lipinski definition) is 2. The number of benzene rings is 1. The lowest BCUT2D eigenvalue weighted by Crippen LogP contribution is -2.16. The van der Waals surface area contributed by atoms with Gasteiger partial charge in [-0.25, -0.2) is 8.42 Å². The van der Waals surface area contributed by atoms with E-state index in [2.05, 4.69) is 9.71 Å². The Kier molecular flexibility index (Phi) is 4.27. The molecule has 0 atom stereocenters. The predicted octanol–water partition coefficient (Wildman–Crippen LogP) is 1.20. The summed E-state index contributed by atoms with van der Waals surface area (Å²) < 4.78 is 26.8. The molecule has 3 N–H and O–H groups in total. The fraction of sp³-hybridized carbons (Fsp3) is 0.0769. The number of nitrogens with zero attached hydrogens (tertiary/aromatic N) is 2. The van der Waals surface area contributed by atoms with Crippen molar-refractivity contribution in [3.05, 3.63) is 57.9 Å². The van der Waals surface area contributed by atoms with Crippen LogP contribution in [0.15, 0.2) is 41.4 Å². The molecule has 10 heteroatoms. The molecule has 1 aromatic heterocycles. The van der Waals surface area contributed by atoms with Gasteiger partial charge >= 0.3 is 0 Å². The van der Waals surface area contributed by atoms with E-state index in [0.717, 1.165) is 6.07 Å². The maximum absolute atomic E-state index is 12.3. The number of primary amides is 1. The summed E-state index contributed by atoms with van der Waals surface area (Å²) in [4.78, 5) is 24.7. The van der Waals surface area contributed by atoms with Crippen molar-refractivity contribution >= 4 is 27.3 Å². The lowest BCUT2D eigenvalue weighted by atomic mass is 10.2. The molecule has 0 radical (unpaired) electrons. The molecule has 0 spiro atoms. The van der Waals surface area contributed by atoms with Crippen LogP contribution in [0.5, 0.6) is 0 Å². The minimum atomic E-state index is -4.06. The van der Waals surface area contributed by atoms with E-state index in [4.69, 9.17) is 5.73 Å². The number of nitro groups is 1. The van der Waals surface area contributed by atoms with Crippen molar-refractivity contribution < 1.29 is 18.1 Å². The molecule has 0 saturated carbocycles. The number of aryl methyl sites for hydroxylation is 1. The smallest absolute Gasteiger partial charge is 0.273 e. The minimum Gasteiger partial charge on any atom is -0.364 e. The molecule has 2 rings (SSSR count). The second-order valence-corrected chi connectivity index (χ2v) is 6.29. The molecule has 0 fully saturated rings. The number of aromatic nitrogens is 1. The Morgan fingerprint density at radius 1 is 1.30 bits per heavy atom. The van der Waals surface area contributed by atoms with E-state index in [1.807, 2.05) is 0 Å². The maximum atomic E-state index is 12.3. The number of hydrogen-bond acceptors (Lipinski definition) is 6. The zero-order valence-corrected chi connectivity index (χ0v) is 12.7. The SMILES string of the molecule is Cc1ccc(S(=O)(=O)Nc2ccnc(C(N)=O)c2)cc1[N+](=O)[O-]. The molecular weight excluding hydrogens is 324 g/mol. The Labute approximate surface area is 131 Å². The first-order valence-corrected chi connectivity index (χ1v) is 7.73. The highest BCUT2D eigenvalue weighted by molar-refractivity contribution is 7.92. The van der Waals surface area contributed by atoms with Gasteiger partial charge in [-0.05, 0) is 25.1 Å². The Morgan fingerprint density at radius 2 is 2.00 bits per heavy atom. The van der Waals surface area contributed by atoms with Crippen molar-refractivity contribution in [2.75, 3.05) is 4.72 Å². The first kappa shape index (κ1) is 16.4. The number of pyridine rings is 1. The van der Waals surface area contributed by atoms with Gasteiger partial charge in [-0.1, -0.05) is 6.07 Å². The van der Waals surface area contributed by atoms with Crippen LogP contribution in [0.3, 0.4) is 0 Å². The fourth-order valence-electron chi connectivity index (χ4n) is 1.80. The summed E-state index contributed by atoms with van der Waals surface area (Å²) in [7, 11) is -4.06. The van der Waals surface area contributed by atoms with Gasteiger partial charge in [0.15, 0.2) is 0 Å². The number of carbonyl (C=O) groups excluding carboxylic acids is 1. The molecule has 0 saturated heterocycles. The number of nitrogens with two attached hydrogens (primary N) is 1. The number of rotatable bonds is 5. The molecule has 0 unspecified atom stereocenters. The molecule has 23 heavy (non-hydrogen) atoms. The van der Waals surface area contributed by atoms with E-state index in [0.29, 0.717) is 5.56 Å². The average Bonchev–Trinajstić information content (AvgIpc) is 2.46. The van der Waals surface area contributed by atoms with E-state index in [1.165, 1.54) is 37.4 Å². The van der Waals surface area contributed by atoms with Crippen LogP contribution in [0.4, 0.5) is 11.4 Å². The van der Waals surface area contributed by atoms with Crippen molar-refractivity contribution in [2.45, 2.75) is 11.8 Å². The quantitative estimate of drug-likeness (QED) is 0.619. The first-order valence-electron chi connectivity index (χ1n) is 6.24. The molecule has 1 amide bonds. The maximum Gasteiger partial charge on any atom is 0.273 e. The second-order valence-electron chi connectivity index (χ2n) is 4.60. The third kappa shape index (κ3) is 3.61. The number of anilines is 1. The highest BCUT2D eigenvalue weighted by atomic mass is 32.2. The summed E-state index contributed by atoms with van der Waals surface area (Å²) in [5.74, 6) is -0.808. The predicted molar refractivity (Wildman–Crippen MR) is 81.4 cm³/mol. The summed E-state index contributed by atoms with van der Waals surface area (Å²) in [5.41, 5.74) is 5.07. The van der Waals surface area contributed by atoms with Crippen LogP contribution < -0.4 is 10.5 Å². The zero-order chi connectivity index (χ0) is 17.2. The van der Waals surface area contributed by atoms with Crippen molar-refractivity contribution in [3.8, 4) is 0 Å². The van der Waals surface area contributed by atoms with Crippen molar-refractivity contribution in [2.24, 2.45) is 5.73 Å². The Morgan fingerprint density at radius 3 is 2.61 bits per heavy atom. The molecule has 2 aromatic rings. The van der Waals surface area contributed by atoms with Gasteiger partial charge in [-0.15, -0.1) is 0 Å². The van der Waals surface area contributed by atoms with Crippen LogP contribution in [0.25, 0.3) is 0 Å². The highest BCUT2D eigenvalue weighted by Crippen LogP contribution is 2.24. The van der Waals surface area contributed by atoms with Gasteiger partial charge < -0.3 is 5.73 Å². The molecule has 0 aliphatic rings. The molecule has 120 valence electrons. The van der Waals surface area contributed by atoms with Crippen LogP contribution in [0.2, 0.25) is 0 Å². The molecule has 0 bridgehead atoms. The summed E-state index contributed by atoms with van der Waals surface area (Å²) in [5, 5.41) is 10.9. The summed E-state index contributed by atoms with van der Waals surface area (Å²) in [6, 6.07) is 6.05. The first-order chi connectivity index (χ1) is 10.7. The van der Waals surface area contributed by atoms with Gasteiger partial charge in [-0.3, -0.25) is 24.6 Å². The Hall–Kier alpha value is -3.01. The topological polar surface area (TPSA) is 145 Å². The number of nitro benzene ring substituents is 1. The zero-order valence-electron chi connectivity index (χ0n) is 11.9. The largest absolute Gasteiger partial charge is 0.364 e. The molecule has 9 nitrogen and oxygen atoms in total. The van der Waals surface area contributed by atoms with Gasteiger partial charge in [0.2, 0.25) is 0 Å². The number of nitrogens with one attached hydrogen (secondary N) is 1. The number of amides is 1. The number of carbonyl (C=O) groups is 1. The standard InChI is InChI=1S/C13H12N4O5S/c1-8-2-3-10(7-12(8)17(19)20)23(21,22)16-9-4-5-15-11(6-9)13(14)18/h2-7H,1H3,(H2,14,18)(H,15,16). The molecular formula is C13H12N4O5S. The van der Waals surface area contributed by atoms with Crippen LogP contribution in [-0.4, -0.2) is 24.2 Å². The van der Waals surface area contributed by atoms with Crippen molar-refractivity contribution in [1.29, 1.82) is 0 Å². The molecule has 0 aliphatic heterocycles. The van der Waals surface area contributed by atoms with E-state index in [-0.39, 0.29) is 22.0 Å².